The summed E-state index contributed by atoms with van der Waals surface area (Å²) in [6.45, 7) is 1.64. The molecule has 0 N–H and O–H groups in total. The Labute approximate surface area is 399 Å². The van der Waals surface area contributed by atoms with E-state index in [4.69, 9.17) is 28.4 Å². The number of methoxy groups -OCH3 is 6. The first-order chi connectivity index (χ1) is 33.0. The summed E-state index contributed by atoms with van der Waals surface area (Å²) < 4.78 is 31.6. The minimum atomic E-state index is -0.492. The van der Waals surface area contributed by atoms with E-state index in [1.165, 1.54) is 48.0 Å². The predicted octanol–water partition coefficient (Wildman–Crippen LogP) is 3.51. The van der Waals surface area contributed by atoms with Crippen molar-refractivity contribution in [2.45, 2.75) is 12.8 Å². The van der Waals surface area contributed by atoms with Crippen molar-refractivity contribution >= 4 is 48.2 Å². The molecule has 368 valence electrons. The van der Waals surface area contributed by atoms with Crippen LogP contribution >= 0.6 is 0 Å². The van der Waals surface area contributed by atoms with E-state index in [2.05, 4.69) is 0 Å². The third kappa shape index (κ3) is 15.4. The molecule has 0 unspecified atom stereocenters. The summed E-state index contributed by atoms with van der Waals surface area (Å²) in [4.78, 5) is 87.6. The van der Waals surface area contributed by atoms with Crippen molar-refractivity contribution in [1.82, 2.24) is 19.6 Å². The number of carbonyl (C=O) groups is 6. The average Bonchev–Trinajstić information content (AvgIpc) is 3.39. The van der Waals surface area contributed by atoms with Gasteiger partial charge < -0.3 is 38.2 Å². The fourth-order valence-electron chi connectivity index (χ4n) is 7.80. The molecule has 0 bridgehead atoms. The zero-order valence-corrected chi connectivity index (χ0v) is 40.3. The van der Waals surface area contributed by atoms with Gasteiger partial charge in [-0.25, -0.2) is 18.6 Å². The maximum Gasteiger partial charge on any atom is 0.303 e. The van der Waals surface area contributed by atoms with Gasteiger partial charge in [-0.1, -0.05) is 48.5 Å². The second-order valence-corrected chi connectivity index (χ2v) is 16.5. The molecule has 4 aromatic rings. The minimum absolute atomic E-state index is 0.128. The number of amides is 6. The van der Waals surface area contributed by atoms with Crippen LogP contribution in [-0.2, 0) is 51.0 Å². The van der Waals surface area contributed by atoms with Crippen LogP contribution in [0.15, 0.2) is 84.9 Å². The molecule has 0 aliphatic carbocycles. The van der Waals surface area contributed by atoms with Gasteiger partial charge in [0.15, 0.2) is 13.3 Å². The molecular weight excluding hydrogens is 877 g/mol. The van der Waals surface area contributed by atoms with Crippen molar-refractivity contribution in [2.75, 3.05) is 135 Å². The fraction of sp³-hybridized carbons (Fsp3) is 0.440. The van der Waals surface area contributed by atoms with Crippen molar-refractivity contribution in [1.29, 1.82) is 0 Å². The van der Waals surface area contributed by atoms with Crippen LogP contribution in [0, 0.1) is 0 Å². The standard InChI is InChI=1S/C50H68N6O12/c1-63-29-25-55(39-59,26-30-64-2)35-53(33-51(37-57)23-21-41-11-15-43(67-5)16-12-41)49(61)47-19-20-48(46-10-8-7-9-45(46)47)50(62)54(36-56(40-60,27-31-65-3)28-32-66-4)34-52(38-58)24-22-42-13-17-44(68-6)18-14-42/h7-20,37-40H,21-36H2,1-6H3/q+2. The number of quaternary nitrogens is 2. The molecule has 0 saturated carbocycles. The normalized spacial score (nSPS) is 11.4. The molecule has 0 heterocycles. The van der Waals surface area contributed by atoms with Crippen LogP contribution in [0.4, 0.5) is 0 Å². The summed E-state index contributed by atoms with van der Waals surface area (Å²) in [5.41, 5.74) is 2.34. The van der Waals surface area contributed by atoms with Crippen molar-refractivity contribution in [3.8, 4) is 11.5 Å². The molecule has 0 aliphatic heterocycles. The molecule has 18 heteroatoms. The van der Waals surface area contributed by atoms with Gasteiger partial charge >= 0.3 is 12.8 Å². The van der Waals surface area contributed by atoms with Crippen molar-refractivity contribution in [3.63, 3.8) is 0 Å². The molecule has 0 aliphatic rings. The van der Waals surface area contributed by atoms with Gasteiger partial charge in [-0.2, -0.15) is 0 Å². The Morgan fingerprint density at radius 3 is 1.10 bits per heavy atom. The number of carbonyl (C=O) groups excluding carboxylic acids is 6. The Morgan fingerprint density at radius 2 is 0.824 bits per heavy atom. The molecule has 0 aromatic heterocycles. The maximum atomic E-state index is 15.1. The second-order valence-electron chi connectivity index (χ2n) is 16.5. The lowest BCUT2D eigenvalue weighted by Crippen LogP contribution is -2.59. The van der Waals surface area contributed by atoms with Crippen molar-refractivity contribution < 1.29 is 66.2 Å². The number of hydrogen-bond acceptors (Lipinski definition) is 12. The van der Waals surface area contributed by atoms with Crippen LogP contribution in [0.5, 0.6) is 11.5 Å². The molecule has 0 radical (unpaired) electrons. The number of ether oxygens (including phenoxy) is 6. The van der Waals surface area contributed by atoms with Gasteiger partial charge in [-0.3, -0.25) is 29.0 Å². The average molecular weight is 945 g/mol. The van der Waals surface area contributed by atoms with Gasteiger partial charge in [0.05, 0.1) is 40.6 Å². The summed E-state index contributed by atoms with van der Waals surface area (Å²) in [5.74, 6) is 0.408. The fourth-order valence-corrected chi connectivity index (χ4v) is 7.80. The third-order valence-electron chi connectivity index (χ3n) is 12.0. The summed E-state index contributed by atoms with van der Waals surface area (Å²) >= 11 is 0. The second kappa shape index (κ2) is 28.1. The Kier molecular flexibility index (Phi) is 22.5. The van der Waals surface area contributed by atoms with E-state index >= 15 is 9.59 Å². The zero-order chi connectivity index (χ0) is 49.4. The van der Waals surface area contributed by atoms with Gasteiger partial charge in [0.1, 0.15) is 51.0 Å². The van der Waals surface area contributed by atoms with E-state index in [1.807, 2.05) is 48.5 Å². The molecular formula is C50H68N6O12+2. The molecule has 0 saturated heterocycles. The Morgan fingerprint density at radius 1 is 0.485 bits per heavy atom. The van der Waals surface area contributed by atoms with Crippen LogP contribution in [0.2, 0.25) is 0 Å². The SMILES string of the molecule is COCC[N+](C=O)(CCOC)CN(CN(C=O)CCc1ccc(OC)cc1)C(=O)c1ccc(C(=O)N(CN(C=O)CCc2ccc(OC)cc2)C[N+](C=O)(CCOC)CCOC)c2ccccc12. The summed E-state index contributed by atoms with van der Waals surface area (Å²) in [6.07, 6.45) is 3.85. The highest BCUT2D eigenvalue weighted by Crippen LogP contribution is 2.27. The monoisotopic (exact) mass is 944 g/mol. The molecule has 68 heavy (non-hydrogen) atoms. The predicted molar refractivity (Wildman–Crippen MR) is 254 cm³/mol. The van der Waals surface area contributed by atoms with Gasteiger partial charge in [0, 0.05) is 52.7 Å². The lowest BCUT2D eigenvalue weighted by molar-refractivity contribution is -0.856. The minimum Gasteiger partial charge on any atom is -0.497 e. The first-order valence-corrected chi connectivity index (χ1v) is 22.4. The lowest BCUT2D eigenvalue weighted by Gasteiger charge is -2.38. The van der Waals surface area contributed by atoms with E-state index in [0.29, 0.717) is 47.9 Å². The Balaban J connectivity index is 1.79. The van der Waals surface area contributed by atoms with Gasteiger partial charge in [0.2, 0.25) is 12.8 Å². The number of rotatable bonds is 34. The van der Waals surface area contributed by atoms with E-state index in [0.717, 1.165) is 23.9 Å². The molecule has 4 rings (SSSR count). The first kappa shape index (κ1) is 54.3. The number of nitrogens with zero attached hydrogens (tertiary/aromatic N) is 6. The van der Waals surface area contributed by atoms with E-state index in [1.54, 1.807) is 50.6 Å². The van der Waals surface area contributed by atoms with Crippen molar-refractivity contribution in [3.05, 3.63) is 107 Å². The molecule has 0 atom stereocenters. The van der Waals surface area contributed by atoms with Crippen LogP contribution in [0.3, 0.4) is 0 Å². The molecule has 6 amide bonds. The largest absolute Gasteiger partial charge is 0.497 e. The zero-order valence-electron chi connectivity index (χ0n) is 40.3. The smallest absolute Gasteiger partial charge is 0.303 e. The molecule has 4 aromatic carbocycles. The van der Waals surface area contributed by atoms with Gasteiger partial charge in [-0.05, 0) is 71.1 Å². The topological polar surface area (TPSA) is 171 Å². The maximum absolute atomic E-state index is 15.1. The van der Waals surface area contributed by atoms with Crippen LogP contribution in [0.1, 0.15) is 31.8 Å². The number of fused-ring (bicyclic) bond motifs is 1. The highest BCUT2D eigenvalue weighted by Gasteiger charge is 2.36. The quantitative estimate of drug-likeness (QED) is 0.0380. The molecule has 0 fully saturated rings. The summed E-state index contributed by atoms with van der Waals surface area (Å²) in [6, 6.07) is 25.0. The van der Waals surface area contributed by atoms with Gasteiger partial charge in [0.25, 0.3) is 11.8 Å². The number of benzene rings is 4. The highest BCUT2D eigenvalue weighted by molar-refractivity contribution is 6.14. The Bertz CT molecular complexity index is 2040. The lowest BCUT2D eigenvalue weighted by atomic mass is 9.98. The van der Waals surface area contributed by atoms with E-state index in [-0.39, 0.29) is 112 Å². The van der Waals surface area contributed by atoms with Crippen LogP contribution in [0.25, 0.3) is 10.8 Å². The highest BCUT2D eigenvalue weighted by atomic mass is 16.5. The number of hydrogen-bond donors (Lipinski definition) is 0. The summed E-state index contributed by atoms with van der Waals surface area (Å²) in [7, 11) is 9.27. The molecule has 0 spiro atoms. The van der Waals surface area contributed by atoms with Gasteiger partial charge in [-0.15, -0.1) is 0 Å². The van der Waals surface area contributed by atoms with Crippen LogP contribution < -0.4 is 9.47 Å². The summed E-state index contributed by atoms with van der Waals surface area (Å²) in [5, 5.41) is 0.868. The first-order valence-electron chi connectivity index (χ1n) is 22.4. The van der Waals surface area contributed by atoms with Crippen LogP contribution in [-0.4, -0.2) is 201 Å². The Hall–Kier alpha value is -6.28. The molecule has 18 nitrogen and oxygen atoms in total. The third-order valence-corrected chi connectivity index (χ3v) is 12.0. The van der Waals surface area contributed by atoms with E-state index < -0.39 is 11.8 Å². The van der Waals surface area contributed by atoms with E-state index in [9.17, 15) is 19.2 Å². The van der Waals surface area contributed by atoms with Crippen molar-refractivity contribution in [2.24, 2.45) is 0 Å².